The van der Waals surface area contributed by atoms with Crippen LogP contribution in [0.2, 0.25) is 0 Å². The Hall–Kier alpha value is -4.45. The molecule has 6 heteroatoms. The number of nitrogens with one attached hydrogen (secondary N) is 2. The minimum Gasteiger partial charge on any atom is -0.356 e. The molecule has 1 amide bonds. The Morgan fingerprint density at radius 2 is 1.72 bits per heavy atom. The van der Waals surface area contributed by atoms with Crippen LogP contribution < -0.4 is 10.3 Å². The summed E-state index contributed by atoms with van der Waals surface area (Å²) in [5, 5.41) is 11.6. The maximum absolute atomic E-state index is 13.4. The van der Waals surface area contributed by atoms with Crippen molar-refractivity contribution in [3.05, 3.63) is 102 Å². The zero-order chi connectivity index (χ0) is 21.5. The predicted octanol–water partition coefficient (Wildman–Crippen LogP) is 5.08. The SMILES string of the molecule is O=C(Nc1ccccc1)C1=NN(c2cnc3ccccc3c2)Cc2[nH]c3ccccc3c21. The van der Waals surface area contributed by atoms with Crippen molar-refractivity contribution in [2.75, 3.05) is 10.3 Å². The first-order valence-electron chi connectivity index (χ1n) is 10.4. The Kier molecular flexibility index (Phi) is 4.21. The number of anilines is 2. The van der Waals surface area contributed by atoms with Crippen LogP contribution in [0.4, 0.5) is 11.4 Å². The third kappa shape index (κ3) is 3.09. The molecule has 6 nitrogen and oxygen atoms in total. The lowest BCUT2D eigenvalue weighted by Crippen LogP contribution is -2.33. The average Bonchev–Trinajstić information content (AvgIpc) is 3.22. The Labute approximate surface area is 184 Å². The maximum atomic E-state index is 13.4. The molecule has 2 N–H and O–H groups in total. The molecule has 5 aromatic rings. The highest BCUT2D eigenvalue weighted by Gasteiger charge is 2.29. The first-order chi connectivity index (χ1) is 15.8. The van der Waals surface area contributed by atoms with E-state index in [4.69, 9.17) is 5.10 Å². The molecule has 2 aromatic heterocycles. The normalized spacial score (nSPS) is 13.1. The standard InChI is InChI=1S/C26H19N5O/c32-26(28-18-9-2-1-3-10-18)25-24-20-11-5-7-13-22(20)29-23(24)16-31(30-25)19-14-17-8-4-6-12-21(17)27-15-19/h1-15,29H,16H2,(H,28,32). The van der Waals surface area contributed by atoms with Crippen LogP contribution >= 0.6 is 0 Å². The van der Waals surface area contributed by atoms with Gasteiger partial charge in [-0.2, -0.15) is 5.10 Å². The number of hydrogen-bond acceptors (Lipinski definition) is 4. The van der Waals surface area contributed by atoms with Gasteiger partial charge in [-0.1, -0.05) is 54.6 Å². The number of aromatic amines is 1. The molecule has 32 heavy (non-hydrogen) atoms. The molecule has 3 aromatic carbocycles. The Morgan fingerprint density at radius 1 is 0.938 bits per heavy atom. The van der Waals surface area contributed by atoms with Gasteiger partial charge in [-0.15, -0.1) is 0 Å². The fourth-order valence-electron chi connectivity index (χ4n) is 4.16. The summed E-state index contributed by atoms with van der Waals surface area (Å²) in [6.07, 6.45) is 1.80. The van der Waals surface area contributed by atoms with Crippen LogP contribution in [0.1, 0.15) is 11.3 Å². The van der Waals surface area contributed by atoms with Crippen LogP contribution in [0, 0.1) is 0 Å². The van der Waals surface area contributed by atoms with Gasteiger partial charge < -0.3 is 10.3 Å². The maximum Gasteiger partial charge on any atom is 0.276 e. The van der Waals surface area contributed by atoms with E-state index < -0.39 is 0 Å². The number of hydrazone groups is 1. The minimum atomic E-state index is -0.249. The summed E-state index contributed by atoms with van der Waals surface area (Å²) in [4.78, 5) is 21.4. The summed E-state index contributed by atoms with van der Waals surface area (Å²) >= 11 is 0. The van der Waals surface area contributed by atoms with Crippen molar-refractivity contribution in [1.82, 2.24) is 9.97 Å². The number of H-pyrrole nitrogens is 1. The second kappa shape index (κ2) is 7.35. The third-order valence-corrected chi connectivity index (χ3v) is 5.67. The molecule has 0 atom stereocenters. The lowest BCUT2D eigenvalue weighted by molar-refractivity contribution is -0.110. The van der Waals surface area contributed by atoms with Gasteiger partial charge in [-0.25, -0.2) is 0 Å². The van der Waals surface area contributed by atoms with E-state index >= 15 is 0 Å². The summed E-state index contributed by atoms with van der Waals surface area (Å²) in [7, 11) is 0. The fraction of sp³-hybridized carbons (Fsp3) is 0.0385. The molecule has 1 aliphatic heterocycles. The number of carbonyl (C=O) groups excluding carboxylic acids is 1. The summed E-state index contributed by atoms with van der Waals surface area (Å²) in [6, 6.07) is 27.4. The number of carbonyl (C=O) groups is 1. The first-order valence-corrected chi connectivity index (χ1v) is 10.4. The van der Waals surface area contributed by atoms with Crippen LogP contribution in [0.15, 0.2) is 96.2 Å². The molecule has 0 radical (unpaired) electrons. The van der Waals surface area contributed by atoms with Crippen molar-refractivity contribution in [2.45, 2.75) is 6.54 Å². The Morgan fingerprint density at radius 3 is 2.62 bits per heavy atom. The number of benzene rings is 3. The van der Waals surface area contributed by atoms with E-state index in [1.807, 2.05) is 89.9 Å². The number of pyridine rings is 1. The van der Waals surface area contributed by atoms with Crippen LogP contribution in [0.3, 0.4) is 0 Å². The highest BCUT2D eigenvalue weighted by atomic mass is 16.2. The monoisotopic (exact) mass is 417 g/mol. The van der Waals surface area contributed by atoms with E-state index in [0.29, 0.717) is 12.3 Å². The van der Waals surface area contributed by atoms with Crippen molar-refractivity contribution >= 4 is 44.8 Å². The quantitative estimate of drug-likeness (QED) is 0.430. The average molecular weight is 417 g/mol. The third-order valence-electron chi connectivity index (χ3n) is 5.67. The molecular formula is C26H19N5O. The van der Waals surface area contributed by atoms with Crippen molar-refractivity contribution in [2.24, 2.45) is 5.10 Å². The van der Waals surface area contributed by atoms with Crippen LogP contribution in [-0.4, -0.2) is 21.6 Å². The zero-order valence-electron chi connectivity index (χ0n) is 17.1. The van der Waals surface area contributed by atoms with Crippen LogP contribution in [0.25, 0.3) is 21.8 Å². The smallest absolute Gasteiger partial charge is 0.276 e. The number of fused-ring (bicyclic) bond motifs is 4. The number of amides is 1. The van der Waals surface area contributed by atoms with Crippen LogP contribution in [0.5, 0.6) is 0 Å². The lowest BCUT2D eigenvalue weighted by atomic mass is 10.0. The van der Waals surface area contributed by atoms with Gasteiger partial charge in [0.2, 0.25) is 0 Å². The van der Waals surface area contributed by atoms with Crippen LogP contribution in [-0.2, 0) is 11.3 Å². The van der Waals surface area contributed by atoms with E-state index in [2.05, 4.69) is 15.3 Å². The molecule has 3 heterocycles. The summed E-state index contributed by atoms with van der Waals surface area (Å²) in [5.41, 5.74) is 5.64. The zero-order valence-corrected chi connectivity index (χ0v) is 17.1. The molecule has 0 saturated carbocycles. The number of aromatic nitrogens is 2. The highest BCUT2D eigenvalue weighted by Crippen LogP contribution is 2.31. The number of nitrogens with zero attached hydrogens (tertiary/aromatic N) is 3. The lowest BCUT2D eigenvalue weighted by Gasteiger charge is -2.25. The highest BCUT2D eigenvalue weighted by molar-refractivity contribution is 6.51. The van der Waals surface area contributed by atoms with E-state index in [-0.39, 0.29) is 5.91 Å². The predicted molar refractivity (Wildman–Crippen MR) is 128 cm³/mol. The summed E-state index contributed by atoms with van der Waals surface area (Å²) in [6.45, 7) is 0.520. The van der Waals surface area contributed by atoms with Crippen molar-refractivity contribution in [3.8, 4) is 0 Å². The van der Waals surface area contributed by atoms with E-state index in [1.165, 1.54) is 0 Å². The molecule has 0 saturated heterocycles. The van der Waals surface area contributed by atoms with Gasteiger partial charge in [0, 0.05) is 33.2 Å². The van der Waals surface area contributed by atoms with Gasteiger partial charge >= 0.3 is 0 Å². The molecular weight excluding hydrogens is 398 g/mol. The molecule has 0 fully saturated rings. The van der Waals surface area contributed by atoms with E-state index in [0.717, 1.165) is 44.4 Å². The molecule has 0 unspecified atom stereocenters. The molecule has 1 aliphatic rings. The van der Waals surface area contributed by atoms with Crippen molar-refractivity contribution < 1.29 is 4.79 Å². The molecule has 0 spiro atoms. The van der Waals surface area contributed by atoms with Gasteiger partial charge in [0.05, 0.1) is 23.9 Å². The number of hydrogen-bond donors (Lipinski definition) is 2. The Bertz CT molecular complexity index is 1500. The van der Waals surface area contributed by atoms with Gasteiger partial charge in [-0.3, -0.25) is 14.8 Å². The van der Waals surface area contributed by atoms with Gasteiger partial charge in [0.15, 0.2) is 5.71 Å². The van der Waals surface area contributed by atoms with Gasteiger partial charge in [-0.05, 0) is 30.3 Å². The number of rotatable bonds is 3. The Balaban J connectivity index is 1.47. The van der Waals surface area contributed by atoms with E-state index in [1.54, 1.807) is 6.20 Å². The molecule has 154 valence electrons. The summed E-state index contributed by atoms with van der Waals surface area (Å²) < 4.78 is 0. The molecule has 6 rings (SSSR count). The minimum absolute atomic E-state index is 0.249. The first kappa shape index (κ1) is 18.3. The second-order valence-corrected chi connectivity index (χ2v) is 7.74. The van der Waals surface area contributed by atoms with E-state index in [9.17, 15) is 4.79 Å². The second-order valence-electron chi connectivity index (χ2n) is 7.74. The van der Waals surface area contributed by atoms with Crippen molar-refractivity contribution in [3.63, 3.8) is 0 Å². The number of para-hydroxylation sites is 3. The van der Waals surface area contributed by atoms with Crippen molar-refractivity contribution in [1.29, 1.82) is 0 Å². The van der Waals surface area contributed by atoms with Gasteiger partial charge in [0.25, 0.3) is 5.91 Å². The molecule has 0 bridgehead atoms. The van der Waals surface area contributed by atoms with Gasteiger partial charge in [0.1, 0.15) is 0 Å². The summed E-state index contributed by atoms with van der Waals surface area (Å²) in [5.74, 6) is -0.249. The largest absolute Gasteiger partial charge is 0.356 e. The fourth-order valence-corrected chi connectivity index (χ4v) is 4.16. The molecule has 0 aliphatic carbocycles. The topological polar surface area (TPSA) is 73.4 Å².